The smallest absolute Gasteiger partial charge is 0.340 e. The van der Waals surface area contributed by atoms with E-state index in [9.17, 15) is 14.0 Å². The van der Waals surface area contributed by atoms with Gasteiger partial charge in [-0.05, 0) is 31.2 Å². The van der Waals surface area contributed by atoms with Crippen molar-refractivity contribution in [3.8, 4) is 0 Å². The largest absolute Gasteiger partial charge is 0.454 e. The maximum Gasteiger partial charge on any atom is 0.340 e. The van der Waals surface area contributed by atoms with E-state index in [1.807, 2.05) is 6.92 Å². The predicted molar refractivity (Wildman–Crippen MR) is 85.4 cm³/mol. The average Bonchev–Trinajstić information content (AvgIpc) is 2.92. The van der Waals surface area contributed by atoms with Gasteiger partial charge >= 0.3 is 5.97 Å². The van der Waals surface area contributed by atoms with Crippen LogP contribution >= 0.6 is 11.3 Å². The van der Waals surface area contributed by atoms with Gasteiger partial charge in [-0.2, -0.15) is 0 Å². The van der Waals surface area contributed by atoms with E-state index in [0.29, 0.717) is 15.8 Å². The number of aromatic nitrogens is 1. The Balaban J connectivity index is 1.77. The number of carbonyl (C=O) groups excluding carboxylic acids is 2. The summed E-state index contributed by atoms with van der Waals surface area (Å²) < 4.78 is 19.3. The monoisotopic (exact) mass is 329 g/mol. The number of hydrogen-bond donors (Lipinski definition) is 0. The van der Waals surface area contributed by atoms with Gasteiger partial charge < -0.3 is 4.74 Å². The number of fused-ring (bicyclic) bond motifs is 1. The van der Waals surface area contributed by atoms with E-state index < -0.39 is 24.2 Å². The molecular formula is C17H12FNO3S. The number of nitrogens with zero attached hydrogens (tertiary/aromatic N) is 1. The Hall–Kier alpha value is -2.60. The maximum absolute atomic E-state index is 13.5. The van der Waals surface area contributed by atoms with E-state index in [-0.39, 0.29) is 5.56 Å². The number of halogens is 1. The fraction of sp³-hybridized carbons (Fsp3) is 0.118. The van der Waals surface area contributed by atoms with Crippen molar-refractivity contribution in [2.75, 3.05) is 6.61 Å². The van der Waals surface area contributed by atoms with Crippen LogP contribution in [0.25, 0.3) is 10.2 Å². The van der Waals surface area contributed by atoms with E-state index in [0.717, 1.165) is 5.01 Å². The SMILES string of the molecule is Cc1nc2cccc(C(=O)OCC(=O)c3ccccc3F)c2s1. The molecule has 0 aliphatic carbocycles. The first-order chi connectivity index (χ1) is 11.1. The zero-order chi connectivity index (χ0) is 16.4. The van der Waals surface area contributed by atoms with Crippen LogP contribution in [0.15, 0.2) is 42.5 Å². The summed E-state index contributed by atoms with van der Waals surface area (Å²) in [6, 6.07) is 10.7. The Morgan fingerprint density at radius 2 is 1.87 bits per heavy atom. The molecule has 0 amide bonds. The highest BCUT2D eigenvalue weighted by Crippen LogP contribution is 2.25. The van der Waals surface area contributed by atoms with Crippen LogP contribution in [0.4, 0.5) is 4.39 Å². The summed E-state index contributed by atoms with van der Waals surface area (Å²) in [6.07, 6.45) is 0. The number of thiazole rings is 1. The van der Waals surface area contributed by atoms with Gasteiger partial charge in [-0.1, -0.05) is 18.2 Å². The van der Waals surface area contributed by atoms with Gasteiger partial charge in [0.1, 0.15) is 5.82 Å². The molecular weight excluding hydrogens is 317 g/mol. The first-order valence-corrected chi connectivity index (χ1v) is 7.69. The molecule has 1 heterocycles. The molecule has 4 nitrogen and oxygen atoms in total. The van der Waals surface area contributed by atoms with Crippen LogP contribution in [0.2, 0.25) is 0 Å². The van der Waals surface area contributed by atoms with Gasteiger partial charge in [-0.25, -0.2) is 14.2 Å². The molecule has 23 heavy (non-hydrogen) atoms. The first kappa shape index (κ1) is 15.3. The lowest BCUT2D eigenvalue weighted by Gasteiger charge is -2.05. The van der Waals surface area contributed by atoms with Crippen LogP contribution in [0.3, 0.4) is 0 Å². The summed E-state index contributed by atoms with van der Waals surface area (Å²) in [7, 11) is 0. The lowest BCUT2D eigenvalue weighted by Crippen LogP contribution is -2.15. The van der Waals surface area contributed by atoms with Crippen molar-refractivity contribution in [2.45, 2.75) is 6.92 Å². The van der Waals surface area contributed by atoms with E-state index in [2.05, 4.69) is 4.98 Å². The lowest BCUT2D eigenvalue weighted by molar-refractivity contribution is 0.0475. The number of ketones is 1. The van der Waals surface area contributed by atoms with Gasteiger partial charge in [-0.3, -0.25) is 4.79 Å². The third-order valence-electron chi connectivity index (χ3n) is 3.25. The van der Waals surface area contributed by atoms with Crippen LogP contribution in [0, 0.1) is 12.7 Å². The fourth-order valence-corrected chi connectivity index (χ4v) is 3.11. The predicted octanol–water partition coefficient (Wildman–Crippen LogP) is 3.78. The first-order valence-electron chi connectivity index (χ1n) is 6.87. The number of aryl methyl sites for hydroxylation is 1. The zero-order valence-electron chi connectivity index (χ0n) is 12.2. The van der Waals surface area contributed by atoms with Crippen molar-refractivity contribution in [1.82, 2.24) is 4.98 Å². The number of hydrogen-bond acceptors (Lipinski definition) is 5. The minimum absolute atomic E-state index is 0.0906. The number of carbonyl (C=O) groups is 2. The van der Waals surface area contributed by atoms with Crippen molar-refractivity contribution < 1.29 is 18.7 Å². The molecule has 0 bridgehead atoms. The quantitative estimate of drug-likeness (QED) is 0.540. The second kappa shape index (κ2) is 6.26. The highest BCUT2D eigenvalue weighted by Gasteiger charge is 2.17. The summed E-state index contributed by atoms with van der Waals surface area (Å²) >= 11 is 1.38. The highest BCUT2D eigenvalue weighted by atomic mass is 32.1. The van der Waals surface area contributed by atoms with Crippen LogP contribution in [-0.4, -0.2) is 23.3 Å². The van der Waals surface area contributed by atoms with Gasteiger partial charge in [0, 0.05) is 0 Å². The van der Waals surface area contributed by atoms with Crippen molar-refractivity contribution >= 4 is 33.3 Å². The molecule has 2 aromatic carbocycles. The molecule has 0 aliphatic heterocycles. The number of esters is 1. The minimum Gasteiger partial charge on any atom is -0.454 e. The molecule has 3 aromatic rings. The van der Waals surface area contributed by atoms with Crippen LogP contribution in [0.5, 0.6) is 0 Å². The van der Waals surface area contributed by atoms with Crippen LogP contribution in [0.1, 0.15) is 25.7 Å². The van der Waals surface area contributed by atoms with E-state index >= 15 is 0 Å². The number of Topliss-reactive ketones (excluding diaryl/α,β-unsaturated/α-hetero) is 1. The fourth-order valence-electron chi connectivity index (χ4n) is 2.19. The maximum atomic E-state index is 13.5. The number of rotatable bonds is 4. The number of benzene rings is 2. The highest BCUT2D eigenvalue weighted by molar-refractivity contribution is 7.18. The molecule has 6 heteroatoms. The molecule has 0 fully saturated rings. The Labute approximate surface area is 135 Å². The zero-order valence-corrected chi connectivity index (χ0v) is 13.0. The van der Waals surface area contributed by atoms with Crippen LogP contribution < -0.4 is 0 Å². The molecule has 0 radical (unpaired) electrons. The van der Waals surface area contributed by atoms with Gasteiger partial charge in [-0.15, -0.1) is 11.3 Å². The second-order valence-corrected chi connectivity index (χ2v) is 6.07. The average molecular weight is 329 g/mol. The Morgan fingerprint density at radius 1 is 1.13 bits per heavy atom. The Kier molecular flexibility index (Phi) is 4.16. The Bertz CT molecular complexity index is 904. The minimum atomic E-state index is -0.631. The number of ether oxygens (including phenoxy) is 1. The van der Waals surface area contributed by atoms with E-state index in [4.69, 9.17) is 4.74 Å². The van der Waals surface area contributed by atoms with Crippen molar-refractivity contribution in [3.05, 3.63) is 64.4 Å². The molecule has 0 saturated carbocycles. The van der Waals surface area contributed by atoms with E-state index in [1.165, 1.54) is 29.5 Å². The topological polar surface area (TPSA) is 56.3 Å². The van der Waals surface area contributed by atoms with Gasteiger partial charge in [0.2, 0.25) is 5.78 Å². The Morgan fingerprint density at radius 3 is 2.65 bits per heavy atom. The van der Waals surface area contributed by atoms with Gasteiger partial charge in [0.25, 0.3) is 0 Å². The summed E-state index contributed by atoms with van der Waals surface area (Å²) in [5, 5.41) is 0.836. The van der Waals surface area contributed by atoms with Gasteiger partial charge in [0.15, 0.2) is 6.61 Å². The van der Waals surface area contributed by atoms with Crippen molar-refractivity contribution in [1.29, 1.82) is 0 Å². The third-order valence-corrected chi connectivity index (χ3v) is 4.27. The van der Waals surface area contributed by atoms with Crippen molar-refractivity contribution in [3.63, 3.8) is 0 Å². The normalized spacial score (nSPS) is 10.7. The molecule has 0 atom stereocenters. The second-order valence-electron chi connectivity index (χ2n) is 4.87. The summed E-state index contributed by atoms with van der Waals surface area (Å²) in [4.78, 5) is 28.4. The van der Waals surface area contributed by atoms with Crippen LogP contribution in [-0.2, 0) is 4.74 Å². The third kappa shape index (κ3) is 3.12. The molecule has 0 spiro atoms. The van der Waals surface area contributed by atoms with Gasteiger partial charge in [0.05, 0.1) is 26.4 Å². The summed E-state index contributed by atoms with van der Waals surface area (Å²) in [6.45, 7) is 1.34. The molecule has 1 aromatic heterocycles. The molecule has 0 saturated heterocycles. The molecule has 0 aliphatic rings. The molecule has 3 rings (SSSR count). The molecule has 116 valence electrons. The van der Waals surface area contributed by atoms with Crippen molar-refractivity contribution in [2.24, 2.45) is 0 Å². The van der Waals surface area contributed by atoms with E-state index in [1.54, 1.807) is 24.3 Å². The summed E-state index contributed by atoms with van der Waals surface area (Å²) in [5.41, 5.74) is 0.976. The molecule has 0 unspecified atom stereocenters. The molecule has 0 N–H and O–H groups in total. The summed E-state index contributed by atoms with van der Waals surface area (Å²) in [5.74, 6) is -1.83. The standard InChI is InChI=1S/C17H12FNO3S/c1-10-19-14-8-4-6-12(16(14)23-10)17(21)22-9-15(20)11-5-2-3-7-13(11)18/h2-8H,9H2,1H3. The lowest BCUT2D eigenvalue weighted by atomic mass is 10.1.